The Hall–Kier alpha value is -1.09. The normalized spacial score (nSPS) is 11.3. The summed E-state index contributed by atoms with van der Waals surface area (Å²) in [6, 6.07) is 7.18. The van der Waals surface area contributed by atoms with Crippen LogP contribution in [0, 0.1) is 0 Å². The Kier molecular flexibility index (Phi) is 5.26. The molecule has 0 heterocycles. The molecule has 1 rings (SSSR count). The van der Waals surface area contributed by atoms with Crippen molar-refractivity contribution in [2.75, 3.05) is 11.9 Å². The quantitative estimate of drug-likeness (QED) is 0.469. The smallest absolute Gasteiger partial charge is 0.159 e. The van der Waals surface area contributed by atoms with Crippen LogP contribution in [-0.4, -0.2) is 17.7 Å². The van der Waals surface area contributed by atoms with Gasteiger partial charge in [0.25, 0.3) is 0 Å². The molecular formula is C13H15BrO2. The maximum Gasteiger partial charge on any atom is 0.159 e. The largest absolute Gasteiger partial charge is 0.490 e. The van der Waals surface area contributed by atoms with E-state index in [2.05, 4.69) is 15.9 Å². The van der Waals surface area contributed by atoms with E-state index in [1.165, 1.54) is 5.57 Å². The van der Waals surface area contributed by atoms with Gasteiger partial charge in [0.15, 0.2) is 5.78 Å². The molecule has 0 amide bonds. The summed E-state index contributed by atoms with van der Waals surface area (Å²) in [5.74, 6) is 0.852. The van der Waals surface area contributed by atoms with E-state index >= 15 is 0 Å². The van der Waals surface area contributed by atoms with Crippen molar-refractivity contribution in [3.05, 3.63) is 41.5 Å². The first-order valence-corrected chi connectivity index (χ1v) is 6.21. The van der Waals surface area contributed by atoms with Gasteiger partial charge in [-0.3, -0.25) is 4.79 Å². The minimum atomic E-state index is 0.0709. The first kappa shape index (κ1) is 13.0. The first-order valence-electron chi connectivity index (χ1n) is 5.09. The van der Waals surface area contributed by atoms with E-state index in [1.807, 2.05) is 25.1 Å². The van der Waals surface area contributed by atoms with E-state index in [-0.39, 0.29) is 5.78 Å². The number of hydrogen-bond donors (Lipinski definition) is 0. The van der Waals surface area contributed by atoms with Crippen molar-refractivity contribution in [1.29, 1.82) is 0 Å². The van der Waals surface area contributed by atoms with Gasteiger partial charge >= 0.3 is 0 Å². The van der Waals surface area contributed by atoms with Gasteiger partial charge < -0.3 is 4.74 Å². The monoisotopic (exact) mass is 282 g/mol. The zero-order valence-corrected chi connectivity index (χ0v) is 11.1. The zero-order chi connectivity index (χ0) is 12.0. The van der Waals surface area contributed by atoms with E-state index in [0.717, 1.165) is 11.1 Å². The van der Waals surface area contributed by atoms with Gasteiger partial charge in [-0.05, 0) is 44.2 Å². The average Bonchev–Trinajstić information content (AvgIpc) is 2.29. The average molecular weight is 283 g/mol. The molecule has 0 aliphatic heterocycles. The molecule has 1 aromatic carbocycles. The number of halogens is 1. The molecular weight excluding hydrogens is 268 g/mol. The highest BCUT2D eigenvalue weighted by atomic mass is 79.9. The second-order valence-corrected chi connectivity index (χ2v) is 4.14. The van der Waals surface area contributed by atoms with Gasteiger partial charge in [-0.1, -0.05) is 21.5 Å². The van der Waals surface area contributed by atoms with Crippen LogP contribution in [0.4, 0.5) is 0 Å². The molecule has 16 heavy (non-hydrogen) atoms. The van der Waals surface area contributed by atoms with Crippen LogP contribution >= 0.6 is 15.9 Å². The number of carbonyl (C=O) groups excluding carboxylic acids is 1. The third-order valence-corrected chi connectivity index (χ3v) is 3.04. The molecule has 0 aromatic heterocycles. The predicted molar refractivity (Wildman–Crippen MR) is 69.5 cm³/mol. The maximum absolute atomic E-state index is 11.0. The summed E-state index contributed by atoms with van der Waals surface area (Å²) >= 11 is 3.37. The topological polar surface area (TPSA) is 26.3 Å². The molecule has 1 aromatic rings. The summed E-state index contributed by atoms with van der Waals surface area (Å²) in [4.78, 5) is 11.0. The Morgan fingerprint density at radius 2 is 1.94 bits per heavy atom. The molecule has 0 bridgehead atoms. The lowest BCUT2D eigenvalue weighted by Gasteiger charge is -2.04. The van der Waals surface area contributed by atoms with Gasteiger partial charge in [0, 0.05) is 10.9 Å². The molecule has 0 radical (unpaired) electrons. The maximum atomic E-state index is 11.0. The molecule has 0 saturated carbocycles. The van der Waals surface area contributed by atoms with Gasteiger partial charge in [-0.15, -0.1) is 0 Å². The molecule has 0 atom stereocenters. The number of allylic oxidation sites excluding steroid dienone is 1. The van der Waals surface area contributed by atoms with Gasteiger partial charge in [-0.2, -0.15) is 0 Å². The van der Waals surface area contributed by atoms with Crippen molar-refractivity contribution in [3.8, 4) is 5.75 Å². The van der Waals surface area contributed by atoms with E-state index in [4.69, 9.17) is 4.74 Å². The Morgan fingerprint density at radius 3 is 2.44 bits per heavy atom. The molecule has 2 nitrogen and oxygen atoms in total. The number of hydrogen-bond acceptors (Lipinski definition) is 2. The molecule has 86 valence electrons. The highest BCUT2D eigenvalue weighted by molar-refractivity contribution is 9.09. The van der Waals surface area contributed by atoms with Crippen molar-refractivity contribution in [1.82, 2.24) is 0 Å². The minimum Gasteiger partial charge on any atom is -0.490 e. The fourth-order valence-corrected chi connectivity index (χ4v) is 1.35. The summed E-state index contributed by atoms with van der Waals surface area (Å²) in [6.07, 6.45) is 2.02. The molecule has 0 saturated heterocycles. The lowest BCUT2D eigenvalue weighted by Crippen LogP contribution is -1.96. The molecule has 0 spiro atoms. The fourth-order valence-electron chi connectivity index (χ4n) is 1.12. The lowest BCUT2D eigenvalue weighted by molar-refractivity contribution is 0.101. The Morgan fingerprint density at radius 1 is 1.31 bits per heavy atom. The van der Waals surface area contributed by atoms with Crippen LogP contribution in [0.2, 0.25) is 0 Å². The Balaban J connectivity index is 2.53. The number of Topliss-reactive ketones (excluding diaryl/α,β-unsaturated/α-hetero) is 1. The summed E-state index contributed by atoms with van der Waals surface area (Å²) in [6.45, 7) is 4.14. The van der Waals surface area contributed by atoms with Crippen LogP contribution in [0.1, 0.15) is 24.2 Å². The number of ketones is 1. The SMILES string of the molecule is CC(=O)c1ccc(OCC=C(C)CBr)cc1. The van der Waals surface area contributed by atoms with Crippen molar-refractivity contribution in [2.24, 2.45) is 0 Å². The zero-order valence-electron chi connectivity index (χ0n) is 9.50. The van der Waals surface area contributed by atoms with Crippen LogP contribution < -0.4 is 4.74 Å². The van der Waals surface area contributed by atoms with Crippen molar-refractivity contribution in [2.45, 2.75) is 13.8 Å². The van der Waals surface area contributed by atoms with Crippen LogP contribution in [-0.2, 0) is 0 Å². The van der Waals surface area contributed by atoms with Gasteiger partial charge in [0.1, 0.15) is 12.4 Å². The van der Waals surface area contributed by atoms with E-state index < -0.39 is 0 Å². The number of alkyl halides is 1. The fraction of sp³-hybridized carbons (Fsp3) is 0.308. The third-order valence-electron chi connectivity index (χ3n) is 2.15. The number of ether oxygens (including phenoxy) is 1. The molecule has 0 aliphatic rings. The van der Waals surface area contributed by atoms with Gasteiger partial charge in [-0.25, -0.2) is 0 Å². The highest BCUT2D eigenvalue weighted by Crippen LogP contribution is 2.12. The van der Waals surface area contributed by atoms with Gasteiger partial charge in [0.2, 0.25) is 0 Å². The van der Waals surface area contributed by atoms with Crippen LogP contribution in [0.5, 0.6) is 5.75 Å². The summed E-state index contributed by atoms with van der Waals surface area (Å²) in [5.41, 5.74) is 1.94. The lowest BCUT2D eigenvalue weighted by atomic mass is 10.1. The molecule has 0 aliphatic carbocycles. The third kappa shape index (κ3) is 4.19. The molecule has 0 unspecified atom stereocenters. The molecule has 0 fully saturated rings. The summed E-state index contributed by atoms with van der Waals surface area (Å²) in [5, 5.41) is 0.861. The second kappa shape index (κ2) is 6.48. The van der Waals surface area contributed by atoms with Crippen LogP contribution in [0.15, 0.2) is 35.9 Å². The van der Waals surface area contributed by atoms with Gasteiger partial charge in [0.05, 0.1) is 0 Å². The number of carbonyl (C=O) groups is 1. The minimum absolute atomic E-state index is 0.0709. The Labute approximate surface area is 104 Å². The predicted octanol–water partition coefficient (Wildman–Crippen LogP) is 3.61. The standard InChI is InChI=1S/C13H15BrO2/c1-10(9-14)7-8-16-13-5-3-12(4-6-13)11(2)15/h3-7H,8-9H2,1-2H3. The summed E-state index contributed by atoms with van der Waals surface area (Å²) < 4.78 is 5.50. The van der Waals surface area contributed by atoms with Crippen molar-refractivity contribution in [3.63, 3.8) is 0 Å². The second-order valence-electron chi connectivity index (χ2n) is 3.58. The Bertz CT molecular complexity index is 379. The summed E-state index contributed by atoms with van der Waals surface area (Å²) in [7, 11) is 0. The van der Waals surface area contributed by atoms with Crippen molar-refractivity contribution < 1.29 is 9.53 Å². The van der Waals surface area contributed by atoms with Crippen LogP contribution in [0.3, 0.4) is 0 Å². The van der Waals surface area contributed by atoms with E-state index in [0.29, 0.717) is 12.2 Å². The number of rotatable bonds is 5. The van der Waals surface area contributed by atoms with Crippen molar-refractivity contribution >= 4 is 21.7 Å². The molecule has 3 heteroatoms. The highest BCUT2D eigenvalue weighted by Gasteiger charge is 1.98. The number of benzene rings is 1. The first-order chi connectivity index (χ1) is 7.63. The van der Waals surface area contributed by atoms with Crippen LogP contribution in [0.25, 0.3) is 0 Å². The molecule has 0 N–H and O–H groups in total. The van der Waals surface area contributed by atoms with E-state index in [9.17, 15) is 4.79 Å². The van der Waals surface area contributed by atoms with E-state index in [1.54, 1.807) is 19.1 Å².